The average molecular weight is 405 g/mol. The fourth-order valence-corrected chi connectivity index (χ4v) is 3.48. The first kappa shape index (κ1) is 23.1. The van der Waals surface area contributed by atoms with E-state index in [0.717, 1.165) is 35.0 Å². The number of nitrogens with zero attached hydrogens (tertiary/aromatic N) is 2. The Bertz CT molecular complexity index is 983. The van der Waals surface area contributed by atoms with Gasteiger partial charge < -0.3 is 0 Å². The lowest BCUT2D eigenvalue weighted by Gasteiger charge is -2.17. The SMILES string of the molecule is CC.CN=C(CC(C)Cc1cncc(F)c1C=O)c1ccccc1-c1ccccc1. The minimum Gasteiger partial charge on any atom is -0.298 e. The predicted octanol–water partition coefficient (Wildman–Crippen LogP) is 6.41. The number of aromatic nitrogens is 1. The molecule has 0 saturated carbocycles. The molecule has 0 bridgehead atoms. The van der Waals surface area contributed by atoms with Gasteiger partial charge in [0.2, 0.25) is 0 Å². The van der Waals surface area contributed by atoms with Crippen molar-refractivity contribution in [3.05, 3.63) is 89.5 Å². The molecule has 0 aliphatic carbocycles. The summed E-state index contributed by atoms with van der Waals surface area (Å²) in [5, 5.41) is 0. The van der Waals surface area contributed by atoms with Gasteiger partial charge in [-0.1, -0.05) is 75.4 Å². The molecule has 1 aromatic heterocycles. The van der Waals surface area contributed by atoms with E-state index in [4.69, 9.17) is 0 Å². The van der Waals surface area contributed by atoms with Gasteiger partial charge in [0.25, 0.3) is 0 Å². The Morgan fingerprint density at radius 3 is 2.40 bits per heavy atom. The first-order valence-electron chi connectivity index (χ1n) is 10.3. The predicted molar refractivity (Wildman–Crippen MR) is 123 cm³/mol. The van der Waals surface area contributed by atoms with Gasteiger partial charge in [0.15, 0.2) is 12.1 Å². The number of rotatable bonds is 7. The van der Waals surface area contributed by atoms with Crippen molar-refractivity contribution in [2.75, 3.05) is 7.05 Å². The van der Waals surface area contributed by atoms with E-state index in [0.29, 0.717) is 18.3 Å². The molecule has 1 atom stereocenters. The van der Waals surface area contributed by atoms with Crippen LogP contribution in [0.25, 0.3) is 11.1 Å². The second kappa shape index (κ2) is 11.8. The third-order valence-electron chi connectivity index (χ3n) is 4.84. The molecule has 0 radical (unpaired) electrons. The molecule has 0 fully saturated rings. The van der Waals surface area contributed by atoms with E-state index in [9.17, 15) is 9.18 Å². The van der Waals surface area contributed by atoms with Crippen LogP contribution in [-0.4, -0.2) is 24.0 Å². The lowest BCUT2D eigenvalue weighted by molar-refractivity contribution is 0.111. The molecule has 2 aromatic carbocycles. The summed E-state index contributed by atoms with van der Waals surface area (Å²) >= 11 is 0. The molecule has 156 valence electrons. The third kappa shape index (κ3) is 5.69. The zero-order chi connectivity index (χ0) is 21.9. The number of hydrogen-bond acceptors (Lipinski definition) is 3. The standard InChI is InChI=1S/C24H23FN2O.C2H6/c1-17(12-19-14-27-15-23(25)22(19)16-28)13-24(26-2)21-11-7-6-10-20(21)18-8-4-3-5-9-18;1-2/h3-11,14-17H,12-13H2,1-2H3;1-2H3. The van der Waals surface area contributed by atoms with Gasteiger partial charge in [0.05, 0.1) is 11.8 Å². The largest absolute Gasteiger partial charge is 0.298 e. The summed E-state index contributed by atoms with van der Waals surface area (Å²) in [6.45, 7) is 6.08. The van der Waals surface area contributed by atoms with Crippen LogP contribution >= 0.6 is 0 Å². The minimum atomic E-state index is -0.571. The highest BCUT2D eigenvalue weighted by Crippen LogP contribution is 2.27. The quantitative estimate of drug-likeness (QED) is 0.337. The van der Waals surface area contributed by atoms with Crippen LogP contribution in [0.4, 0.5) is 4.39 Å². The molecule has 0 amide bonds. The van der Waals surface area contributed by atoms with Gasteiger partial charge in [-0.15, -0.1) is 0 Å². The number of pyridine rings is 1. The van der Waals surface area contributed by atoms with E-state index in [1.165, 1.54) is 0 Å². The number of aliphatic imine (C=N–C) groups is 1. The summed E-state index contributed by atoms with van der Waals surface area (Å²) in [6.07, 6.45) is 4.50. The van der Waals surface area contributed by atoms with E-state index in [1.54, 1.807) is 13.2 Å². The van der Waals surface area contributed by atoms with Crippen LogP contribution in [0.1, 0.15) is 48.7 Å². The maximum Gasteiger partial charge on any atom is 0.153 e. The summed E-state index contributed by atoms with van der Waals surface area (Å²) in [5.41, 5.74) is 5.09. The normalized spacial score (nSPS) is 12.0. The molecular weight excluding hydrogens is 375 g/mol. The van der Waals surface area contributed by atoms with Gasteiger partial charge in [0.1, 0.15) is 0 Å². The van der Waals surface area contributed by atoms with Crippen LogP contribution in [-0.2, 0) is 6.42 Å². The van der Waals surface area contributed by atoms with Crippen molar-refractivity contribution in [1.82, 2.24) is 4.98 Å². The van der Waals surface area contributed by atoms with E-state index < -0.39 is 5.82 Å². The highest BCUT2D eigenvalue weighted by Gasteiger charge is 2.16. The Hall–Kier alpha value is -3.14. The van der Waals surface area contributed by atoms with Crippen LogP contribution in [0, 0.1) is 11.7 Å². The van der Waals surface area contributed by atoms with Crippen LogP contribution in [0.2, 0.25) is 0 Å². The second-order valence-electron chi connectivity index (χ2n) is 6.91. The van der Waals surface area contributed by atoms with Gasteiger partial charge in [-0.3, -0.25) is 14.8 Å². The number of halogens is 1. The van der Waals surface area contributed by atoms with Crippen LogP contribution in [0.3, 0.4) is 0 Å². The molecule has 0 aliphatic heterocycles. The molecule has 4 heteroatoms. The van der Waals surface area contributed by atoms with Crippen LogP contribution < -0.4 is 0 Å². The first-order chi connectivity index (χ1) is 14.6. The van der Waals surface area contributed by atoms with E-state index in [-0.39, 0.29) is 11.5 Å². The van der Waals surface area contributed by atoms with Crippen molar-refractivity contribution < 1.29 is 9.18 Å². The van der Waals surface area contributed by atoms with Gasteiger partial charge in [-0.2, -0.15) is 0 Å². The molecule has 3 rings (SSSR count). The van der Waals surface area contributed by atoms with Gasteiger partial charge in [0, 0.05) is 24.5 Å². The first-order valence-corrected chi connectivity index (χ1v) is 10.3. The molecule has 3 nitrogen and oxygen atoms in total. The summed E-state index contributed by atoms with van der Waals surface area (Å²) in [4.78, 5) is 19.7. The molecule has 3 aromatic rings. The summed E-state index contributed by atoms with van der Waals surface area (Å²) in [5.74, 6) is -0.400. The van der Waals surface area contributed by atoms with Crippen molar-refractivity contribution >= 4 is 12.0 Å². The fraction of sp³-hybridized carbons (Fsp3) is 0.269. The number of carbonyl (C=O) groups is 1. The summed E-state index contributed by atoms with van der Waals surface area (Å²) in [7, 11) is 1.80. The molecule has 0 aliphatic rings. The number of benzene rings is 2. The van der Waals surface area contributed by atoms with E-state index in [1.807, 2.05) is 44.2 Å². The maximum absolute atomic E-state index is 13.8. The van der Waals surface area contributed by atoms with Crippen LogP contribution in [0.15, 0.2) is 72.0 Å². The number of carbonyl (C=O) groups excluding carboxylic acids is 1. The Balaban J connectivity index is 0.00000155. The van der Waals surface area contributed by atoms with Gasteiger partial charge >= 0.3 is 0 Å². The molecule has 0 N–H and O–H groups in total. The summed E-state index contributed by atoms with van der Waals surface area (Å²) < 4.78 is 13.8. The Morgan fingerprint density at radius 1 is 1.07 bits per heavy atom. The Labute approximate surface area is 178 Å². The van der Waals surface area contributed by atoms with Crippen molar-refractivity contribution in [2.45, 2.75) is 33.6 Å². The molecule has 30 heavy (non-hydrogen) atoms. The minimum absolute atomic E-state index is 0.0986. The van der Waals surface area contributed by atoms with Gasteiger partial charge in [-0.25, -0.2) is 4.39 Å². The zero-order valence-electron chi connectivity index (χ0n) is 18.1. The van der Waals surface area contributed by atoms with Crippen LogP contribution in [0.5, 0.6) is 0 Å². The maximum atomic E-state index is 13.8. The molecular formula is C26H29FN2O. The van der Waals surface area contributed by atoms with Crippen molar-refractivity contribution in [3.8, 4) is 11.1 Å². The highest BCUT2D eigenvalue weighted by atomic mass is 19.1. The monoisotopic (exact) mass is 404 g/mol. The van der Waals surface area contributed by atoms with Crippen molar-refractivity contribution in [1.29, 1.82) is 0 Å². The third-order valence-corrected chi connectivity index (χ3v) is 4.84. The Morgan fingerprint density at radius 2 is 1.73 bits per heavy atom. The molecule has 1 heterocycles. The lowest BCUT2D eigenvalue weighted by Crippen LogP contribution is -2.12. The molecule has 0 saturated heterocycles. The van der Waals surface area contributed by atoms with E-state index in [2.05, 4.69) is 41.2 Å². The van der Waals surface area contributed by atoms with Crippen molar-refractivity contribution in [2.24, 2.45) is 10.9 Å². The average Bonchev–Trinajstić information content (AvgIpc) is 2.79. The van der Waals surface area contributed by atoms with E-state index >= 15 is 0 Å². The topological polar surface area (TPSA) is 42.3 Å². The number of hydrogen-bond donors (Lipinski definition) is 0. The van der Waals surface area contributed by atoms with Crippen molar-refractivity contribution in [3.63, 3.8) is 0 Å². The smallest absolute Gasteiger partial charge is 0.153 e. The fourth-order valence-electron chi connectivity index (χ4n) is 3.48. The highest BCUT2D eigenvalue weighted by molar-refractivity contribution is 6.06. The Kier molecular flexibility index (Phi) is 9.07. The molecule has 0 spiro atoms. The zero-order valence-corrected chi connectivity index (χ0v) is 18.1. The lowest BCUT2D eigenvalue weighted by atomic mass is 9.89. The number of aldehydes is 1. The summed E-state index contributed by atoms with van der Waals surface area (Å²) in [6, 6.07) is 18.4. The molecule has 1 unspecified atom stereocenters. The second-order valence-corrected chi connectivity index (χ2v) is 6.91. The van der Waals surface area contributed by atoms with Gasteiger partial charge in [-0.05, 0) is 35.4 Å².